The van der Waals surface area contributed by atoms with Gasteiger partial charge in [0.2, 0.25) is 10.0 Å². The normalized spacial score (nSPS) is 11.7. The average Bonchev–Trinajstić information content (AvgIpc) is 2.74. The monoisotopic (exact) mass is 378 g/mol. The molecule has 2 rings (SSSR count). The number of rotatable bonds is 5. The summed E-state index contributed by atoms with van der Waals surface area (Å²) in [6, 6.07) is 4.60. The van der Waals surface area contributed by atoms with Crippen LogP contribution in [-0.2, 0) is 16.6 Å². The number of halogens is 2. The molecule has 1 aromatic carbocycles. The number of nitrogens with one attached hydrogen (secondary N) is 1. The van der Waals surface area contributed by atoms with Crippen LogP contribution in [0.15, 0.2) is 40.0 Å². The quantitative estimate of drug-likeness (QED) is 0.829. The first-order valence-electron chi connectivity index (χ1n) is 5.61. The van der Waals surface area contributed by atoms with Gasteiger partial charge in [0.05, 0.1) is 23.5 Å². The summed E-state index contributed by atoms with van der Waals surface area (Å²) in [5.41, 5.74) is 6.05. The second-order valence-corrected chi connectivity index (χ2v) is 7.07. The van der Waals surface area contributed by atoms with E-state index in [9.17, 15) is 8.42 Å². The zero-order valence-corrected chi connectivity index (χ0v) is 13.4. The van der Waals surface area contributed by atoms with Gasteiger partial charge in [-0.2, -0.15) is 5.10 Å². The number of nitrogen functional groups attached to an aromatic ring is 1. The molecule has 0 radical (unpaired) electrons. The van der Waals surface area contributed by atoms with E-state index in [1.165, 1.54) is 18.3 Å². The minimum absolute atomic E-state index is 0.0438. The van der Waals surface area contributed by atoms with Crippen molar-refractivity contribution in [1.82, 2.24) is 14.5 Å². The van der Waals surface area contributed by atoms with E-state index >= 15 is 0 Å². The van der Waals surface area contributed by atoms with Crippen LogP contribution in [-0.4, -0.2) is 24.7 Å². The number of benzene rings is 1. The van der Waals surface area contributed by atoms with Gasteiger partial charge in [-0.25, -0.2) is 13.1 Å². The number of hydrogen-bond acceptors (Lipinski definition) is 4. The van der Waals surface area contributed by atoms with Gasteiger partial charge in [0.1, 0.15) is 4.90 Å². The van der Waals surface area contributed by atoms with Gasteiger partial charge in [0.25, 0.3) is 0 Å². The lowest BCUT2D eigenvalue weighted by Gasteiger charge is -2.08. The van der Waals surface area contributed by atoms with Crippen molar-refractivity contribution in [1.29, 1.82) is 0 Å². The van der Waals surface area contributed by atoms with Crippen molar-refractivity contribution < 1.29 is 8.42 Å². The molecule has 0 aliphatic carbocycles. The van der Waals surface area contributed by atoms with Gasteiger partial charge in [-0.3, -0.25) is 4.68 Å². The number of nitrogens with two attached hydrogens (primary N) is 1. The minimum atomic E-state index is -3.65. The Balaban J connectivity index is 2.04. The van der Waals surface area contributed by atoms with Gasteiger partial charge in [-0.15, -0.1) is 0 Å². The predicted molar refractivity (Wildman–Crippen MR) is 81.0 cm³/mol. The Kier molecular flexibility index (Phi) is 4.69. The highest BCUT2D eigenvalue weighted by molar-refractivity contribution is 9.10. The lowest BCUT2D eigenvalue weighted by molar-refractivity contribution is 0.561. The van der Waals surface area contributed by atoms with Crippen molar-refractivity contribution in [3.05, 3.63) is 40.1 Å². The second kappa shape index (κ2) is 6.13. The number of sulfonamides is 1. The van der Waals surface area contributed by atoms with Crippen LogP contribution in [0.25, 0.3) is 0 Å². The van der Waals surface area contributed by atoms with E-state index in [0.717, 1.165) is 0 Å². The molecule has 2 aromatic rings. The third-order valence-electron chi connectivity index (χ3n) is 2.47. The van der Waals surface area contributed by atoms with Gasteiger partial charge >= 0.3 is 0 Å². The molecule has 1 heterocycles. The molecule has 6 nitrogen and oxygen atoms in total. The number of hydrogen-bond donors (Lipinski definition) is 2. The molecule has 0 atom stereocenters. The van der Waals surface area contributed by atoms with Crippen LogP contribution < -0.4 is 10.5 Å². The number of anilines is 1. The molecule has 0 saturated carbocycles. The molecule has 0 spiro atoms. The van der Waals surface area contributed by atoms with Crippen molar-refractivity contribution in [2.75, 3.05) is 12.3 Å². The van der Waals surface area contributed by atoms with Crippen LogP contribution in [0.4, 0.5) is 5.69 Å². The lowest BCUT2D eigenvalue weighted by atomic mass is 10.4. The van der Waals surface area contributed by atoms with Crippen molar-refractivity contribution in [2.24, 2.45) is 0 Å². The Morgan fingerprint density at radius 1 is 1.45 bits per heavy atom. The molecule has 0 amide bonds. The average molecular weight is 380 g/mol. The van der Waals surface area contributed by atoms with Crippen LogP contribution in [0.5, 0.6) is 0 Å². The van der Waals surface area contributed by atoms with Crippen molar-refractivity contribution in [2.45, 2.75) is 11.4 Å². The van der Waals surface area contributed by atoms with Gasteiger partial charge in [0, 0.05) is 17.2 Å². The van der Waals surface area contributed by atoms with E-state index in [0.29, 0.717) is 16.7 Å². The Hall–Kier alpha value is -1.09. The summed E-state index contributed by atoms with van der Waals surface area (Å²) < 4.78 is 28.9. The van der Waals surface area contributed by atoms with Gasteiger partial charge < -0.3 is 5.73 Å². The van der Waals surface area contributed by atoms with Crippen molar-refractivity contribution in [3.8, 4) is 0 Å². The number of nitrogens with zero attached hydrogens (tertiary/aromatic N) is 2. The summed E-state index contributed by atoms with van der Waals surface area (Å²) in [4.78, 5) is 0.0438. The third-order valence-corrected chi connectivity index (χ3v) is 4.91. The topological polar surface area (TPSA) is 90.0 Å². The fourth-order valence-corrected chi connectivity index (χ4v) is 3.62. The van der Waals surface area contributed by atoms with E-state index in [-0.39, 0.29) is 16.5 Å². The smallest absolute Gasteiger partial charge is 0.242 e. The molecule has 3 N–H and O–H groups in total. The SMILES string of the molecule is Nc1cnn(CCNS(=O)(=O)c2ccc(Br)cc2Cl)c1. The first kappa shape index (κ1) is 15.3. The molecule has 0 fully saturated rings. The van der Waals surface area contributed by atoms with E-state index in [1.54, 1.807) is 16.9 Å². The zero-order valence-electron chi connectivity index (χ0n) is 10.3. The van der Waals surface area contributed by atoms with Crippen LogP contribution in [0, 0.1) is 0 Å². The van der Waals surface area contributed by atoms with Gasteiger partial charge in [-0.05, 0) is 18.2 Å². The van der Waals surface area contributed by atoms with E-state index in [1.807, 2.05) is 0 Å². The summed E-state index contributed by atoms with van der Waals surface area (Å²) in [5, 5.41) is 4.12. The first-order valence-corrected chi connectivity index (χ1v) is 8.26. The van der Waals surface area contributed by atoms with Crippen LogP contribution >= 0.6 is 27.5 Å². The minimum Gasteiger partial charge on any atom is -0.396 e. The molecular weight excluding hydrogens is 368 g/mol. The molecule has 0 bridgehead atoms. The van der Waals surface area contributed by atoms with Gasteiger partial charge in [-0.1, -0.05) is 27.5 Å². The molecule has 0 saturated heterocycles. The van der Waals surface area contributed by atoms with Crippen LogP contribution in [0.2, 0.25) is 5.02 Å². The van der Waals surface area contributed by atoms with Gasteiger partial charge in [0.15, 0.2) is 0 Å². The Bertz CT molecular complexity index is 717. The summed E-state index contributed by atoms with van der Waals surface area (Å²) in [6.07, 6.45) is 3.13. The molecule has 0 aliphatic heterocycles. The highest BCUT2D eigenvalue weighted by Crippen LogP contribution is 2.24. The fourth-order valence-electron chi connectivity index (χ4n) is 1.57. The maximum Gasteiger partial charge on any atom is 0.242 e. The molecule has 0 aliphatic rings. The Morgan fingerprint density at radius 3 is 2.80 bits per heavy atom. The maximum absolute atomic E-state index is 12.1. The Labute approximate surface area is 130 Å². The standard InChI is InChI=1S/C11H12BrClN4O2S/c12-8-1-2-11(10(13)5-8)20(18,19)16-3-4-17-7-9(14)6-15-17/h1-2,5-7,16H,3-4,14H2. The molecule has 20 heavy (non-hydrogen) atoms. The summed E-state index contributed by atoms with van der Waals surface area (Å²) >= 11 is 9.16. The van der Waals surface area contributed by atoms with Crippen molar-refractivity contribution >= 4 is 43.2 Å². The molecule has 0 unspecified atom stereocenters. The predicted octanol–water partition coefficient (Wildman–Crippen LogP) is 1.86. The summed E-state index contributed by atoms with van der Waals surface area (Å²) in [7, 11) is -3.65. The van der Waals surface area contributed by atoms with Crippen LogP contribution in [0.3, 0.4) is 0 Å². The van der Waals surface area contributed by atoms with E-state index < -0.39 is 10.0 Å². The van der Waals surface area contributed by atoms with Crippen molar-refractivity contribution in [3.63, 3.8) is 0 Å². The first-order chi connectivity index (χ1) is 9.38. The Morgan fingerprint density at radius 2 is 2.20 bits per heavy atom. The highest BCUT2D eigenvalue weighted by atomic mass is 79.9. The van der Waals surface area contributed by atoms with E-state index in [4.69, 9.17) is 17.3 Å². The molecule has 9 heteroatoms. The number of aromatic nitrogens is 2. The largest absolute Gasteiger partial charge is 0.396 e. The molecular formula is C11H12BrClN4O2S. The highest BCUT2D eigenvalue weighted by Gasteiger charge is 2.17. The van der Waals surface area contributed by atoms with E-state index in [2.05, 4.69) is 25.8 Å². The maximum atomic E-state index is 12.1. The third kappa shape index (κ3) is 3.72. The fraction of sp³-hybridized carbons (Fsp3) is 0.182. The molecule has 108 valence electrons. The van der Waals surface area contributed by atoms with Crippen LogP contribution in [0.1, 0.15) is 0 Å². The summed E-state index contributed by atoms with van der Waals surface area (Å²) in [5.74, 6) is 0. The summed E-state index contributed by atoms with van der Waals surface area (Å²) in [6.45, 7) is 0.570. The zero-order chi connectivity index (χ0) is 14.8. The second-order valence-electron chi connectivity index (χ2n) is 4.01. The molecule has 1 aromatic heterocycles. The lowest BCUT2D eigenvalue weighted by Crippen LogP contribution is -2.27.